The number of piperidine rings is 1. The lowest BCUT2D eigenvalue weighted by Gasteiger charge is -2.31. The van der Waals surface area contributed by atoms with E-state index in [9.17, 15) is 4.79 Å². The van der Waals surface area contributed by atoms with Gasteiger partial charge in [-0.2, -0.15) is 0 Å². The molecule has 0 atom stereocenters. The topological polar surface area (TPSA) is 83.9 Å². The molecular formula is C17H24N6OS. The highest BCUT2D eigenvalue weighted by molar-refractivity contribution is 7.15. The highest BCUT2D eigenvalue weighted by atomic mass is 32.1. The number of aryl methyl sites for hydroxylation is 3. The molecule has 8 heteroatoms. The highest BCUT2D eigenvalue weighted by Crippen LogP contribution is 2.24. The molecule has 2 aromatic heterocycles. The summed E-state index contributed by atoms with van der Waals surface area (Å²) in [6, 6.07) is 1.97. The maximum Gasteiger partial charge on any atom is 0.229 e. The quantitative estimate of drug-likeness (QED) is 0.883. The lowest BCUT2D eigenvalue weighted by Crippen LogP contribution is -2.39. The van der Waals surface area contributed by atoms with Gasteiger partial charge >= 0.3 is 0 Å². The molecule has 1 aliphatic rings. The molecule has 1 aliphatic heterocycles. The molecule has 1 saturated heterocycles. The van der Waals surface area contributed by atoms with E-state index in [2.05, 4.69) is 37.3 Å². The smallest absolute Gasteiger partial charge is 0.229 e. The second kappa shape index (κ2) is 7.86. The second-order valence-electron chi connectivity index (χ2n) is 6.45. The summed E-state index contributed by atoms with van der Waals surface area (Å²) in [5, 5.41) is 12.7. The van der Waals surface area contributed by atoms with E-state index in [1.54, 1.807) is 0 Å². The number of carbonyl (C=O) groups excluding carboxylic acids is 1. The van der Waals surface area contributed by atoms with Crippen molar-refractivity contribution in [2.45, 2.75) is 46.5 Å². The van der Waals surface area contributed by atoms with Crippen LogP contribution in [0.25, 0.3) is 0 Å². The third kappa shape index (κ3) is 4.50. The average molecular weight is 360 g/mol. The van der Waals surface area contributed by atoms with Crippen LogP contribution in [0.4, 0.5) is 11.1 Å². The van der Waals surface area contributed by atoms with Crippen LogP contribution in [0.1, 0.15) is 42.6 Å². The monoisotopic (exact) mass is 360 g/mol. The first kappa shape index (κ1) is 17.7. The lowest BCUT2D eigenvalue weighted by molar-refractivity contribution is -0.120. The van der Waals surface area contributed by atoms with Crippen molar-refractivity contribution in [2.24, 2.45) is 5.92 Å². The lowest BCUT2D eigenvalue weighted by atomic mass is 9.96. The molecule has 1 N–H and O–H groups in total. The zero-order chi connectivity index (χ0) is 17.8. The molecule has 134 valence electrons. The van der Waals surface area contributed by atoms with Gasteiger partial charge in [0, 0.05) is 36.8 Å². The molecule has 1 fully saturated rings. The van der Waals surface area contributed by atoms with E-state index < -0.39 is 0 Å². The van der Waals surface area contributed by atoms with Crippen LogP contribution < -0.4 is 10.2 Å². The number of nitrogens with zero attached hydrogens (tertiary/aromatic N) is 5. The van der Waals surface area contributed by atoms with Crippen LogP contribution in [-0.4, -0.2) is 39.2 Å². The molecule has 0 aromatic carbocycles. The van der Waals surface area contributed by atoms with Crippen LogP contribution in [0.2, 0.25) is 0 Å². The van der Waals surface area contributed by atoms with Gasteiger partial charge in [-0.3, -0.25) is 4.79 Å². The normalized spacial score (nSPS) is 15.4. The van der Waals surface area contributed by atoms with E-state index in [1.807, 2.05) is 19.9 Å². The first-order valence-corrected chi connectivity index (χ1v) is 9.57. The Morgan fingerprint density at radius 3 is 2.56 bits per heavy atom. The van der Waals surface area contributed by atoms with Crippen LogP contribution >= 0.6 is 11.3 Å². The number of carbonyl (C=O) groups is 1. The summed E-state index contributed by atoms with van der Waals surface area (Å²) < 4.78 is 0. The molecule has 25 heavy (non-hydrogen) atoms. The SMILES string of the molecule is CCCc1nnc(NC(=O)C2CCN(c3nc(C)cc(C)n3)CC2)s1. The molecule has 3 heterocycles. The fourth-order valence-electron chi connectivity index (χ4n) is 3.02. The summed E-state index contributed by atoms with van der Waals surface area (Å²) in [6.45, 7) is 7.64. The van der Waals surface area contributed by atoms with Crippen LogP contribution in [-0.2, 0) is 11.2 Å². The van der Waals surface area contributed by atoms with Gasteiger partial charge in [0.1, 0.15) is 5.01 Å². The van der Waals surface area contributed by atoms with Crippen LogP contribution in [0, 0.1) is 19.8 Å². The van der Waals surface area contributed by atoms with Crippen molar-refractivity contribution < 1.29 is 4.79 Å². The molecule has 0 radical (unpaired) electrons. The van der Waals surface area contributed by atoms with Gasteiger partial charge in [-0.1, -0.05) is 18.3 Å². The van der Waals surface area contributed by atoms with E-state index in [0.29, 0.717) is 5.13 Å². The first-order chi connectivity index (χ1) is 12.0. The van der Waals surface area contributed by atoms with Crippen LogP contribution in [0.15, 0.2) is 6.07 Å². The first-order valence-electron chi connectivity index (χ1n) is 8.75. The maximum absolute atomic E-state index is 12.5. The van der Waals surface area contributed by atoms with Crippen molar-refractivity contribution in [2.75, 3.05) is 23.3 Å². The van der Waals surface area contributed by atoms with Crippen LogP contribution in [0.5, 0.6) is 0 Å². The summed E-state index contributed by atoms with van der Waals surface area (Å²) >= 11 is 1.47. The Hall–Kier alpha value is -2.09. The fourth-order valence-corrected chi connectivity index (χ4v) is 3.86. The van der Waals surface area contributed by atoms with Crippen molar-refractivity contribution in [1.82, 2.24) is 20.2 Å². The highest BCUT2D eigenvalue weighted by Gasteiger charge is 2.27. The van der Waals surface area contributed by atoms with Gasteiger partial charge in [-0.25, -0.2) is 9.97 Å². The average Bonchev–Trinajstić information content (AvgIpc) is 3.01. The van der Waals surface area contributed by atoms with Gasteiger partial charge in [-0.15, -0.1) is 10.2 Å². The zero-order valence-corrected chi connectivity index (χ0v) is 15.8. The van der Waals surface area contributed by atoms with Gasteiger partial charge in [-0.05, 0) is 39.2 Å². The number of rotatable bonds is 5. The predicted molar refractivity (Wildman–Crippen MR) is 99.0 cm³/mol. The third-order valence-electron chi connectivity index (χ3n) is 4.28. The fraction of sp³-hybridized carbons (Fsp3) is 0.588. The van der Waals surface area contributed by atoms with Crippen molar-refractivity contribution >= 4 is 28.3 Å². The molecule has 0 unspecified atom stereocenters. The van der Waals surface area contributed by atoms with Gasteiger partial charge in [0.2, 0.25) is 17.0 Å². The van der Waals surface area contributed by atoms with Crippen molar-refractivity contribution in [1.29, 1.82) is 0 Å². The van der Waals surface area contributed by atoms with Gasteiger partial charge in [0.25, 0.3) is 0 Å². The standard InChI is InChI=1S/C17H24N6OS/c1-4-5-14-21-22-17(25-14)20-15(24)13-6-8-23(9-7-13)16-18-11(2)10-12(3)19-16/h10,13H,4-9H2,1-3H3,(H,20,22,24). The number of aromatic nitrogens is 4. The second-order valence-corrected chi connectivity index (χ2v) is 7.51. The number of amides is 1. The van der Waals surface area contributed by atoms with Gasteiger partial charge < -0.3 is 10.2 Å². The van der Waals surface area contributed by atoms with Gasteiger partial charge in [0.15, 0.2) is 0 Å². The van der Waals surface area contributed by atoms with Gasteiger partial charge in [0.05, 0.1) is 0 Å². The van der Waals surface area contributed by atoms with E-state index in [1.165, 1.54) is 11.3 Å². The molecule has 0 spiro atoms. The molecule has 0 bridgehead atoms. The molecule has 0 saturated carbocycles. The van der Waals surface area contributed by atoms with Crippen molar-refractivity contribution in [3.63, 3.8) is 0 Å². The van der Waals surface area contributed by atoms with E-state index in [0.717, 1.165) is 61.1 Å². The Labute approximate surface area is 151 Å². The Morgan fingerprint density at radius 2 is 1.92 bits per heavy atom. The van der Waals surface area contributed by atoms with E-state index in [4.69, 9.17) is 0 Å². The minimum atomic E-state index is 0.000631. The molecular weight excluding hydrogens is 336 g/mol. The largest absolute Gasteiger partial charge is 0.341 e. The summed E-state index contributed by atoms with van der Waals surface area (Å²) in [7, 11) is 0. The summed E-state index contributed by atoms with van der Waals surface area (Å²) in [5.41, 5.74) is 1.95. The molecule has 2 aromatic rings. The third-order valence-corrected chi connectivity index (χ3v) is 5.18. The summed E-state index contributed by atoms with van der Waals surface area (Å²) in [5.74, 6) is 0.811. The number of hydrogen-bond donors (Lipinski definition) is 1. The maximum atomic E-state index is 12.5. The Kier molecular flexibility index (Phi) is 5.57. The van der Waals surface area contributed by atoms with Crippen molar-refractivity contribution in [3.8, 4) is 0 Å². The van der Waals surface area contributed by atoms with E-state index >= 15 is 0 Å². The van der Waals surface area contributed by atoms with E-state index in [-0.39, 0.29) is 11.8 Å². The summed E-state index contributed by atoms with van der Waals surface area (Å²) in [6.07, 6.45) is 3.52. The minimum absolute atomic E-state index is 0.000631. The molecule has 7 nitrogen and oxygen atoms in total. The Balaban J connectivity index is 1.55. The minimum Gasteiger partial charge on any atom is -0.341 e. The van der Waals surface area contributed by atoms with Crippen molar-refractivity contribution in [3.05, 3.63) is 22.5 Å². The Morgan fingerprint density at radius 1 is 1.24 bits per heavy atom. The molecule has 0 aliphatic carbocycles. The number of anilines is 2. The predicted octanol–water partition coefficient (Wildman–Crippen LogP) is 2.75. The number of nitrogens with one attached hydrogen (secondary N) is 1. The Bertz CT molecular complexity index is 718. The molecule has 1 amide bonds. The number of hydrogen-bond acceptors (Lipinski definition) is 7. The summed E-state index contributed by atoms with van der Waals surface area (Å²) in [4.78, 5) is 23.7. The molecule has 3 rings (SSSR count). The zero-order valence-electron chi connectivity index (χ0n) is 14.9. The van der Waals surface area contributed by atoms with Crippen LogP contribution in [0.3, 0.4) is 0 Å².